The molecular weight excluding hydrogens is 289 g/mol. The van der Waals surface area contributed by atoms with Crippen molar-refractivity contribution in [2.24, 2.45) is 0 Å². The third-order valence-corrected chi connectivity index (χ3v) is 3.03. The summed E-state index contributed by atoms with van der Waals surface area (Å²) in [5.74, 6) is 0.711. The molecular formula is C12H9BrClNO. The van der Waals surface area contributed by atoms with Crippen molar-refractivity contribution in [3.8, 4) is 5.75 Å². The first-order chi connectivity index (χ1) is 7.77. The average Bonchev–Trinajstić information content (AvgIpc) is 2.30. The summed E-state index contributed by atoms with van der Waals surface area (Å²) in [6.45, 7) is 0.434. The molecule has 1 aromatic heterocycles. The second-order valence-corrected chi connectivity index (χ2v) is 4.33. The predicted octanol–water partition coefficient (Wildman–Crippen LogP) is 4.08. The minimum absolute atomic E-state index is 0.434. The van der Waals surface area contributed by atoms with Crippen LogP contribution in [0.3, 0.4) is 0 Å². The van der Waals surface area contributed by atoms with Gasteiger partial charge in [-0.1, -0.05) is 29.8 Å². The molecule has 1 aromatic carbocycles. The fraction of sp³-hybridized carbons (Fsp3) is 0.0833. The lowest BCUT2D eigenvalue weighted by Gasteiger charge is -2.08. The highest BCUT2D eigenvalue weighted by molar-refractivity contribution is 9.10. The summed E-state index contributed by atoms with van der Waals surface area (Å²) in [4.78, 5) is 4.07. The van der Waals surface area contributed by atoms with E-state index in [1.165, 1.54) is 0 Å². The van der Waals surface area contributed by atoms with Crippen molar-refractivity contribution in [3.05, 3.63) is 57.8 Å². The van der Waals surface area contributed by atoms with Crippen molar-refractivity contribution in [1.29, 1.82) is 0 Å². The number of ether oxygens (including phenoxy) is 1. The quantitative estimate of drug-likeness (QED) is 0.797. The van der Waals surface area contributed by atoms with Crippen LogP contribution in [-0.4, -0.2) is 4.98 Å². The number of aromatic nitrogens is 1. The Bertz CT molecular complexity index is 444. The van der Waals surface area contributed by atoms with Crippen LogP contribution in [0, 0.1) is 0 Å². The molecule has 0 fully saturated rings. The Kier molecular flexibility index (Phi) is 3.80. The van der Waals surface area contributed by atoms with Crippen LogP contribution in [0.1, 0.15) is 5.56 Å². The molecule has 4 heteroatoms. The molecule has 0 radical (unpaired) electrons. The van der Waals surface area contributed by atoms with Crippen LogP contribution in [-0.2, 0) is 6.61 Å². The molecule has 0 aliphatic carbocycles. The first-order valence-corrected chi connectivity index (χ1v) is 5.91. The molecule has 16 heavy (non-hydrogen) atoms. The van der Waals surface area contributed by atoms with E-state index in [2.05, 4.69) is 20.9 Å². The van der Waals surface area contributed by atoms with E-state index in [-0.39, 0.29) is 0 Å². The van der Waals surface area contributed by atoms with Crippen LogP contribution in [0.5, 0.6) is 5.75 Å². The van der Waals surface area contributed by atoms with Crippen molar-refractivity contribution in [3.63, 3.8) is 0 Å². The predicted molar refractivity (Wildman–Crippen MR) is 67.7 cm³/mol. The highest BCUT2D eigenvalue weighted by atomic mass is 79.9. The van der Waals surface area contributed by atoms with Gasteiger partial charge >= 0.3 is 0 Å². The maximum atomic E-state index is 6.02. The number of hydrogen-bond acceptors (Lipinski definition) is 2. The Hall–Kier alpha value is -1.06. The summed E-state index contributed by atoms with van der Waals surface area (Å²) < 4.78 is 6.31. The van der Waals surface area contributed by atoms with E-state index in [0.29, 0.717) is 22.0 Å². The van der Waals surface area contributed by atoms with E-state index >= 15 is 0 Å². The second kappa shape index (κ2) is 5.32. The third kappa shape index (κ3) is 2.74. The highest BCUT2D eigenvalue weighted by Gasteiger charge is 2.03. The van der Waals surface area contributed by atoms with Crippen LogP contribution in [0.15, 0.2) is 47.2 Å². The van der Waals surface area contributed by atoms with Crippen molar-refractivity contribution in [2.45, 2.75) is 6.61 Å². The number of hydrogen-bond donors (Lipinski definition) is 0. The lowest BCUT2D eigenvalue weighted by molar-refractivity contribution is 0.303. The molecule has 1 heterocycles. The summed E-state index contributed by atoms with van der Waals surface area (Å²) in [5.41, 5.74) is 0.958. The SMILES string of the molecule is Clc1ccccc1COc1cccnc1Br. The summed E-state index contributed by atoms with van der Waals surface area (Å²) in [6.07, 6.45) is 1.70. The fourth-order valence-electron chi connectivity index (χ4n) is 1.25. The van der Waals surface area contributed by atoms with Gasteiger partial charge in [-0.3, -0.25) is 0 Å². The standard InChI is InChI=1S/C12H9BrClNO/c13-12-11(6-3-7-15-12)16-8-9-4-1-2-5-10(9)14/h1-7H,8H2. The minimum atomic E-state index is 0.434. The topological polar surface area (TPSA) is 22.1 Å². The van der Waals surface area contributed by atoms with Crippen LogP contribution in [0.2, 0.25) is 5.02 Å². The average molecular weight is 299 g/mol. The summed E-state index contributed by atoms with van der Waals surface area (Å²) in [5, 5.41) is 0.711. The van der Waals surface area contributed by atoms with Gasteiger partial charge in [-0.15, -0.1) is 0 Å². The van der Waals surface area contributed by atoms with Gasteiger partial charge in [-0.2, -0.15) is 0 Å². The van der Waals surface area contributed by atoms with E-state index in [9.17, 15) is 0 Å². The summed E-state index contributed by atoms with van der Waals surface area (Å²) in [7, 11) is 0. The third-order valence-electron chi connectivity index (χ3n) is 2.07. The normalized spacial score (nSPS) is 10.1. The molecule has 0 unspecified atom stereocenters. The first-order valence-electron chi connectivity index (χ1n) is 4.74. The van der Waals surface area contributed by atoms with Gasteiger partial charge in [0.2, 0.25) is 0 Å². The lowest BCUT2D eigenvalue weighted by atomic mass is 10.2. The van der Waals surface area contributed by atoms with Crippen LogP contribution >= 0.6 is 27.5 Å². The largest absolute Gasteiger partial charge is 0.486 e. The molecule has 0 saturated heterocycles. The first kappa shape index (κ1) is 11.4. The van der Waals surface area contributed by atoms with Gasteiger partial charge in [0.15, 0.2) is 5.75 Å². The zero-order valence-corrected chi connectivity index (χ0v) is 10.7. The van der Waals surface area contributed by atoms with E-state index in [0.717, 1.165) is 5.56 Å². The number of rotatable bonds is 3. The molecule has 0 N–H and O–H groups in total. The molecule has 2 nitrogen and oxygen atoms in total. The Morgan fingerprint density at radius 2 is 2.00 bits per heavy atom. The zero-order valence-electron chi connectivity index (χ0n) is 8.36. The Labute approximate surface area is 107 Å². The molecule has 0 spiro atoms. The van der Waals surface area contributed by atoms with E-state index in [1.54, 1.807) is 6.20 Å². The van der Waals surface area contributed by atoms with Gasteiger partial charge in [0.05, 0.1) is 0 Å². The van der Waals surface area contributed by atoms with Crippen molar-refractivity contribution in [2.75, 3.05) is 0 Å². The van der Waals surface area contributed by atoms with Gasteiger partial charge in [0.1, 0.15) is 11.2 Å². The number of benzene rings is 1. The maximum absolute atomic E-state index is 6.02. The molecule has 0 saturated carbocycles. The van der Waals surface area contributed by atoms with Gasteiger partial charge in [0.25, 0.3) is 0 Å². The van der Waals surface area contributed by atoms with Gasteiger partial charge in [-0.25, -0.2) is 4.98 Å². The van der Waals surface area contributed by atoms with Crippen molar-refractivity contribution in [1.82, 2.24) is 4.98 Å². The van der Waals surface area contributed by atoms with Crippen molar-refractivity contribution < 1.29 is 4.74 Å². The second-order valence-electron chi connectivity index (χ2n) is 3.17. The van der Waals surface area contributed by atoms with E-state index in [1.807, 2.05) is 36.4 Å². The Morgan fingerprint density at radius 1 is 1.19 bits per heavy atom. The molecule has 0 amide bonds. The van der Waals surface area contributed by atoms with E-state index < -0.39 is 0 Å². The number of pyridine rings is 1. The van der Waals surface area contributed by atoms with Crippen LogP contribution < -0.4 is 4.74 Å². The number of halogens is 2. The summed E-state index contributed by atoms with van der Waals surface area (Å²) in [6, 6.07) is 11.3. The molecule has 0 aliphatic heterocycles. The van der Waals surface area contributed by atoms with E-state index in [4.69, 9.17) is 16.3 Å². The molecule has 2 rings (SSSR count). The summed E-state index contributed by atoms with van der Waals surface area (Å²) >= 11 is 9.34. The smallest absolute Gasteiger partial charge is 0.152 e. The minimum Gasteiger partial charge on any atom is -0.486 e. The highest BCUT2D eigenvalue weighted by Crippen LogP contribution is 2.23. The number of nitrogens with zero attached hydrogens (tertiary/aromatic N) is 1. The Morgan fingerprint density at radius 3 is 2.75 bits per heavy atom. The van der Waals surface area contributed by atoms with Crippen LogP contribution in [0.25, 0.3) is 0 Å². The van der Waals surface area contributed by atoms with Crippen molar-refractivity contribution >= 4 is 27.5 Å². The molecule has 0 atom stereocenters. The molecule has 82 valence electrons. The Balaban J connectivity index is 2.09. The lowest BCUT2D eigenvalue weighted by Crippen LogP contribution is -1.97. The van der Waals surface area contributed by atoms with Gasteiger partial charge in [0, 0.05) is 16.8 Å². The van der Waals surface area contributed by atoms with Gasteiger partial charge < -0.3 is 4.74 Å². The van der Waals surface area contributed by atoms with Gasteiger partial charge in [-0.05, 0) is 34.1 Å². The fourth-order valence-corrected chi connectivity index (χ4v) is 1.81. The molecule has 0 bridgehead atoms. The molecule has 0 aliphatic rings. The maximum Gasteiger partial charge on any atom is 0.152 e. The zero-order chi connectivity index (χ0) is 11.4. The molecule has 2 aromatic rings. The van der Waals surface area contributed by atoms with Crippen LogP contribution in [0.4, 0.5) is 0 Å². The monoisotopic (exact) mass is 297 g/mol.